The van der Waals surface area contributed by atoms with E-state index in [0.29, 0.717) is 18.8 Å². The van der Waals surface area contributed by atoms with Crippen LogP contribution in [0.1, 0.15) is 6.92 Å². The smallest absolute Gasteiger partial charge is 0.388 e. The summed E-state index contributed by atoms with van der Waals surface area (Å²) in [5.74, 6) is 0.573. The van der Waals surface area contributed by atoms with E-state index < -0.39 is 18.4 Å². The summed E-state index contributed by atoms with van der Waals surface area (Å²) < 4.78 is 39.4. The van der Waals surface area contributed by atoms with Gasteiger partial charge < -0.3 is 15.2 Å². The van der Waals surface area contributed by atoms with Gasteiger partial charge in [0.05, 0.1) is 12.2 Å². The third-order valence-corrected chi connectivity index (χ3v) is 2.56. The van der Waals surface area contributed by atoms with Gasteiger partial charge in [-0.3, -0.25) is 0 Å². The molecular weight excluding hydrogens is 243 g/mol. The summed E-state index contributed by atoms with van der Waals surface area (Å²) in [7, 11) is 0. The molecule has 0 aromatic carbocycles. The van der Waals surface area contributed by atoms with E-state index in [0.717, 1.165) is 0 Å². The first-order chi connectivity index (χ1) is 7.27. The minimum Gasteiger partial charge on any atom is -0.388 e. The number of halogens is 3. The average molecular weight is 261 g/mol. The van der Waals surface area contributed by atoms with Crippen LogP contribution in [0.25, 0.3) is 0 Å². The van der Waals surface area contributed by atoms with E-state index in [1.807, 2.05) is 6.26 Å². The molecule has 0 aromatic rings. The van der Waals surface area contributed by atoms with Gasteiger partial charge in [-0.05, 0) is 13.2 Å². The summed E-state index contributed by atoms with van der Waals surface area (Å²) in [4.78, 5) is 0. The number of aliphatic hydroxyl groups is 1. The Kier molecular flexibility index (Phi) is 7.38. The molecule has 3 nitrogen and oxygen atoms in total. The largest absolute Gasteiger partial charge is 0.411 e. The van der Waals surface area contributed by atoms with E-state index in [9.17, 15) is 18.3 Å². The van der Waals surface area contributed by atoms with Gasteiger partial charge in [0.2, 0.25) is 0 Å². The Balaban J connectivity index is 3.40. The van der Waals surface area contributed by atoms with Crippen molar-refractivity contribution >= 4 is 11.8 Å². The fourth-order valence-corrected chi connectivity index (χ4v) is 1.78. The van der Waals surface area contributed by atoms with Crippen molar-refractivity contribution in [1.29, 1.82) is 0 Å². The number of hydrogen-bond donors (Lipinski definition) is 2. The van der Waals surface area contributed by atoms with Crippen molar-refractivity contribution in [3.8, 4) is 0 Å². The maximum absolute atomic E-state index is 11.7. The van der Waals surface area contributed by atoms with Crippen molar-refractivity contribution in [2.75, 3.05) is 38.3 Å². The fourth-order valence-electron chi connectivity index (χ4n) is 1.05. The lowest BCUT2D eigenvalue weighted by atomic mass is 10.1. The van der Waals surface area contributed by atoms with Gasteiger partial charge in [-0.2, -0.15) is 24.9 Å². The van der Waals surface area contributed by atoms with Crippen molar-refractivity contribution in [3.05, 3.63) is 0 Å². The second-order valence-corrected chi connectivity index (χ2v) is 4.64. The molecule has 2 N–H and O–H groups in total. The van der Waals surface area contributed by atoms with Crippen LogP contribution in [0.15, 0.2) is 0 Å². The highest BCUT2D eigenvalue weighted by Gasteiger charge is 2.27. The summed E-state index contributed by atoms with van der Waals surface area (Å²) in [5.41, 5.74) is -0.844. The van der Waals surface area contributed by atoms with Crippen molar-refractivity contribution in [2.24, 2.45) is 0 Å². The second-order valence-electron chi connectivity index (χ2n) is 3.77. The normalized spacial score (nSPS) is 16.1. The van der Waals surface area contributed by atoms with Crippen LogP contribution < -0.4 is 5.32 Å². The van der Waals surface area contributed by atoms with E-state index in [4.69, 9.17) is 0 Å². The van der Waals surface area contributed by atoms with Gasteiger partial charge >= 0.3 is 6.18 Å². The van der Waals surface area contributed by atoms with Crippen LogP contribution in [0.3, 0.4) is 0 Å². The van der Waals surface area contributed by atoms with Gasteiger partial charge in [0, 0.05) is 18.8 Å². The van der Waals surface area contributed by atoms with Crippen molar-refractivity contribution in [2.45, 2.75) is 18.7 Å². The van der Waals surface area contributed by atoms with Crippen LogP contribution in [0.2, 0.25) is 0 Å². The first kappa shape index (κ1) is 16.0. The van der Waals surface area contributed by atoms with Crippen LogP contribution >= 0.6 is 11.8 Å². The van der Waals surface area contributed by atoms with E-state index in [1.165, 1.54) is 11.8 Å². The van der Waals surface area contributed by atoms with E-state index in [-0.39, 0.29) is 6.61 Å². The van der Waals surface area contributed by atoms with E-state index in [1.54, 1.807) is 6.92 Å². The molecule has 7 heteroatoms. The van der Waals surface area contributed by atoms with Gasteiger partial charge in [-0.1, -0.05) is 0 Å². The second kappa shape index (κ2) is 7.37. The molecule has 0 aromatic heterocycles. The lowest BCUT2D eigenvalue weighted by Crippen LogP contribution is -2.41. The fraction of sp³-hybridized carbons (Fsp3) is 1.00. The number of rotatable bonds is 8. The third kappa shape index (κ3) is 10.5. The molecule has 0 fully saturated rings. The average Bonchev–Trinajstić information content (AvgIpc) is 2.09. The number of hydrogen-bond acceptors (Lipinski definition) is 4. The molecule has 0 heterocycles. The lowest BCUT2D eigenvalue weighted by Gasteiger charge is -2.22. The zero-order valence-corrected chi connectivity index (χ0v) is 10.2. The number of ether oxygens (including phenoxy) is 1. The van der Waals surface area contributed by atoms with Gasteiger partial charge in [0.1, 0.15) is 6.61 Å². The molecule has 0 spiro atoms. The SMILES string of the molecule is CSCC(C)(O)CNCCOCC(F)(F)F. The topological polar surface area (TPSA) is 41.5 Å². The van der Waals surface area contributed by atoms with Crippen molar-refractivity contribution in [3.63, 3.8) is 0 Å². The lowest BCUT2D eigenvalue weighted by molar-refractivity contribution is -0.173. The molecule has 0 aliphatic rings. The number of thioether (sulfide) groups is 1. The molecule has 16 heavy (non-hydrogen) atoms. The quantitative estimate of drug-likeness (QED) is 0.646. The van der Waals surface area contributed by atoms with Crippen molar-refractivity contribution < 1.29 is 23.0 Å². The third-order valence-electron chi connectivity index (χ3n) is 1.65. The van der Waals surface area contributed by atoms with E-state index in [2.05, 4.69) is 10.1 Å². The molecule has 0 rings (SSSR count). The minimum absolute atomic E-state index is 0.0190. The maximum Gasteiger partial charge on any atom is 0.411 e. The molecule has 1 atom stereocenters. The molecule has 0 amide bonds. The van der Waals surface area contributed by atoms with E-state index >= 15 is 0 Å². The van der Waals surface area contributed by atoms with Gasteiger partial charge in [0.25, 0.3) is 0 Å². The first-order valence-corrected chi connectivity index (χ1v) is 6.23. The molecule has 98 valence electrons. The van der Waals surface area contributed by atoms with Crippen LogP contribution in [0.4, 0.5) is 13.2 Å². The van der Waals surface area contributed by atoms with Crippen LogP contribution in [0, 0.1) is 0 Å². The Morgan fingerprint density at radius 2 is 2.00 bits per heavy atom. The molecule has 0 bridgehead atoms. The highest BCUT2D eigenvalue weighted by molar-refractivity contribution is 7.98. The Morgan fingerprint density at radius 3 is 2.50 bits per heavy atom. The van der Waals surface area contributed by atoms with Crippen LogP contribution in [0.5, 0.6) is 0 Å². The molecule has 0 saturated heterocycles. The predicted octanol–water partition coefficient (Wildman–Crippen LogP) is 1.27. The predicted molar refractivity (Wildman–Crippen MR) is 58.7 cm³/mol. The summed E-state index contributed by atoms with van der Waals surface area (Å²) in [6, 6.07) is 0. The minimum atomic E-state index is -4.27. The molecule has 0 radical (unpaired) electrons. The Hall–Kier alpha value is 0.0200. The van der Waals surface area contributed by atoms with Gasteiger partial charge in [-0.25, -0.2) is 0 Å². The monoisotopic (exact) mass is 261 g/mol. The number of nitrogens with one attached hydrogen (secondary N) is 1. The Labute approximate surface area is 97.7 Å². The highest BCUT2D eigenvalue weighted by Crippen LogP contribution is 2.14. The molecule has 0 aliphatic heterocycles. The summed E-state index contributed by atoms with van der Waals surface area (Å²) >= 11 is 1.51. The molecule has 1 unspecified atom stereocenters. The Morgan fingerprint density at radius 1 is 1.38 bits per heavy atom. The summed E-state index contributed by atoms with van der Waals surface area (Å²) in [6.07, 6.45) is -2.40. The summed E-state index contributed by atoms with van der Waals surface area (Å²) in [6.45, 7) is 1.06. The van der Waals surface area contributed by atoms with Gasteiger partial charge in [0.15, 0.2) is 0 Å². The standard InChI is InChI=1S/C9H18F3NO2S/c1-8(14,7-16-2)5-13-3-4-15-6-9(10,11)12/h13-14H,3-7H2,1-2H3. The van der Waals surface area contributed by atoms with Gasteiger partial charge in [-0.15, -0.1) is 0 Å². The first-order valence-electron chi connectivity index (χ1n) is 4.83. The molecular formula is C9H18F3NO2S. The zero-order valence-electron chi connectivity index (χ0n) is 9.43. The summed E-state index contributed by atoms with van der Waals surface area (Å²) in [5, 5.41) is 12.5. The zero-order chi connectivity index (χ0) is 12.7. The molecule has 0 aliphatic carbocycles. The van der Waals surface area contributed by atoms with Crippen LogP contribution in [-0.2, 0) is 4.74 Å². The highest BCUT2D eigenvalue weighted by atomic mass is 32.2. The Bertz CT molecular complexity index is 188. The number of alkyl halides is 3. The van der Waals surface area contributed by atoms with Crippen molar-refractivity contribution in [1.82, 2.24) is 5.32 Å². The maximum atomic E-state index is 11.7. The van der Waals surface area contributed by atoms with Crippen LogP contribution in [-0.4, -0.2) is 55.2 Å². The molecule has 0 saturated carbocycles.